The second-order valence-electron chi connectivity index (χ2n) is 4.94. The summed E-state index contributed by atoms with van der Waals surface area (Å²) in [5.74, 6) is 0.912. The number of carbonyl (C=O) groups is 1. The van der Waals surface area contributed by atoms with Gasteiger partial charge in [0, 0.05) is 32.2 Å². The number of carbonyl (C=O) groups excluding carboxylic acids is 1. The number of amides is 1. The highest BCUT2D eigenvalue weighted by atomic mass is 127. The van der Waals surface area contributed by atoms with Gasteiger partial charge in [-0.3, -0.25) is 9.79 Å². The highest BCUT2D eigenvalue weighted by Crippen LogP contribution is 2.06. The number of nitrogens with one attached hydrogen (secondary N) is 2. The predicted octanol–water partition coefficient (Wildman–Crippen LogP) is 1.84. The van der Waals surface area contributed by atoms with Gasteiger partial charge < -0.3 is 15.5 Å². The van der Waals surface area contributed by atoms with Gasteiger partial charge in [-0.05, 0) is 24.1 Å². The molecule has 0 radical (unpaired) electrons. The van der Waals surface area contributed by atoms with E-state index in [4.69, 9.17) is 0 Å². The second kappa shape index (κ2) is 8.86. The molecule has 0 bridgehead atoms. The molecule has 0 aliphatic carbocycles. The van der Waals surface area contributed by atoms with Crippen LogP contribution in [0.15, 0.2) is 29.3 Å². The minimum absolute atomic E-state index is 0. The molecular formula is C15H23IN4O. The van der Waals surface area contributed by atoms with Crippen molar-refractivity contribution in [2.24, 2.45) is 4.99 Å². The van der Waals surface area contributed by atoms with Crippen LogP contribution in [0.2, 0.25) is 0 Å². The first-order valence-corrected chi connectivity index (χ1v) is 7.07. The standard InChI is InChI=1S/C15H22N4O.HI/c1-3-7-16-14(20)13-6-4-5-12(10-13)11-18-15-17-8-9-19(15)2;/h4-6,10H,3,7-9,11H2,1-2H3,(H,16,20)(H,17,18);1H. The zero-order valence-electron chi connectivity index (χ0n) is 12.6. The lowest BCUT2D eigenvalue weighted by Crippen LogP contribution is -2.35. The Balaban J connectivity index is 0.00000220. The summed E-state index contributed by atoms with van der Waals surface area (Å²) in [5, 5.41) is 6.19. The quantitative estimate of drug-likeness (QED) is 0.740. The van der Waals surface area contributed by atoms with E-state index in [1.807, 2.05) is 38.2 Å². The Hall–Kier alpha value is -1.31. The number of halogens is 1. The monoisotopic (exact) mass is 402 g/mol. The van der Waals surface area contributed by atoms with Crippen molar-refractivity contribution in [3.05, 3.63) is 35.4 Å². The Labute approximate surface area is 143 Å². The minimum atomic E-state index is -0.0102. The molecule has 0 spiro atoms. The topological polar surface area (TPSA) is 56.7 Å². The van der Waals surface area contributed by atoms with Crippen LogP contribution < -0.4 is 10.6 Å². The number of nitrogens with zero attached hydrogens (tertiary/aromatic N) is 2. The predicted molar refractivity (Wildman–Crippen MR) is 96.3 cm³/mol. The third-order valence-corrected chi connectivity index (χ3v) is 3.23. The van der Waals surface area contributed by atoms with Gasteiger partial charge in [0.15, 0.2) is 5.96 Å². The highest BCUT2D eigenvalue weighted by Gasteiger charge is 2.11. The molecule has 0 atom stereocenters. The molecule has 1 heterocycles. The number of benzene rings is 1. The lowest BCUT2D eigenvalue weighted by Gasteiger charge is -2.15. The molecule has 1 aliphatic rings. The molecule has 1 aromatic carbocycles. The molecule has 0 unspecified atom stereocenters. The van der Waals surface area contributed by atoms with E-state index in [0.717, 1.165) is 31.0 Å². The van der Waals surface area contributed by atoms with Crippen molar-refractivity contribution in [3.63, 3.8) is 0 Å². The Morgan fingerprint density at radius 1 is 1.43 bits per heavy atom. The molecular weight excluding hydrogens is 379 g/mol. The number of hydrogen-bond donors (Lipinski definition) is 2. The number of aliphatic imine (C=N–C) groups is 1. The van der Waals surface area contributed by atoms with Gasteiger partial charge in [0.1, 0.15) is 0 Å². The Morgan fingerprint density at radius 2 is 2.24 bits per heavy atom. The van der Waals surface area contributed by atoms with Gasteiger partial charge in [-0.1, -0.05) is 19.1 Å². The van der Waals surface area contributed by atoms with E-state index in [-0.39, 0.29) is 29.9 Å². The summed E-state index contributed by atoms with van der Waals surface area (Å²) in [5.41, 5.74) is 1.79. The molecule has 0 fully saturated rings. The summed E-state index contributed by atoms with van der Waals surface area (Å²) in [6.45, 7) is 5.24. The van der Waals surface area contributed by atoms with Crippen LogP contribution in [0.1, 0.15) is 29.3 Å². The highest BCUT2D eigenvalue weighted by molar-refractivity contribution is 14.0. The van der Waals surface area contributed by atoms with Crippen LogP contribution >= 0.6 is 24.0 Å². The van der Waals surface area contributed by atoms with Crippen molar-refractivity contribution >= 4 is 35.8 Å². The lowest BCUT2D eigenvalue weighted by atomic mass is 10.1. The van der Waals surface area contributed by atoms with Gasteiger partial charge in [-0.25, -0.2) is 0 Å². The van der Waals surface area contributed by atoms with E-state index in [0.29, 0.717) is 18.7 Å². The molecule has 0 saturated heterocycles. The molecule has 21 heavy (non-hydrogen) atoms. The van der Waals surface area contributed by atoms with Gasteiger partial charge in [0.2, 0.25) is 0 Å². The van der Waals surface area contributed by atoms with Crippen molar-refractivity contribution in [2.75, 3.05) is 26.7 Å². The maximum atomic E-state index is 11.9. The first kappa shape index (κ1) is 17.7. The maximum Gasteiger partial charge on any atom is 0.251 e. The van der Waals surface area contributed by atoms with Crippen LogP contribution in [0, 0.1) is 0 Å². The Morgan fingerprint density at radius 3 is 2.90 bits per heavy atom. The van der Waals surface area contributed by atoms with Crippen LogP contribution in [0.4, 0.5) is 0 Å². The Kier molecular flexibility index (Phi) is 7.49. The third kappa shape index (κ3) is 5.18. The molecule has 1 amide bonds. The summed E-state index contributed by atoms with van der Waals surface area (Å²) in [4.78, 5) is 18.4. The van der Waals surface area contributed by atoms with E-state index in [9.17, 15) is 4.79 Å². The molecule has 116 valence electrons. The molecule has 5 nitrogen and oxygen atoms in total. The second-order valence-corrected chi connectivity index (χ2v) is 4.94. The number of guanidine groups is 1. The minimum Gasteiger partial charge on any atom is -0.352 e. The van der Waals surface area contributed by atoms with Crippen molar-refractivity contribution in [1.29, 1.82) is 0 Å². The molecule has 1 aromatic rings. The van der Waals surface area contributed by atoms with Gasteiger partial charge in [0.05, 0.1) is 6.54 Å². The third-order valence-electron chi connectivity index (χ3n) is 3.23. The average molecular weight is 402 g/mol. The smallest absolute Gasteiger partial charge is 0.251 e. The van der Waals surface area contributed by atoms with Crippen LogP contribution in [0.25, 0.3) is 0 Å². The summed E-state index contributed by atoms with van der Waals surface area (Å²) in [6.07, 6.45) is 0.944. The van der Waals surface area contributed by atoms with Gasteiger partial charge in [-0.2, -0.15) is 0 Å². The van der Waals surface area contributed by atoms with Crippen LogP contribution in [-0.2, 0) is 6.54 Å². The first-order valence-electron chi connectivity index (χ1n) is 7.07. The van der Waals surface area contributed by atoms with Crippen molar-refractivity contribution in [1.82, 2.24) is 15.5 Å². The van der Waals surface area contributed by atoms with E-state index in [2.05, 4.69) is 20.5 Å². The van der Waals surface area contributed by atoms with Crippen molar-refractivity contribution in [2.45, 2.75) is 19.9 Å². The van der Waals surface area contributed by atoms with Gasteiger partial charge >= 0.3 is 0 Å². The fourth-order valence-corrected chi connectivity index (χ4v) is 2.07. The molecule has 2 rings (SSSR count). The van der Waals surface area contributed by atoms with E-state index >= 15 is 0 Å². The zero-order valence-corrected chi connectivity index (χ0v) is 14.9. The fraction of sp³-hybridized carbons (Fsp3) is 0.467. The number of hydrogen-bond acceptors (Lipinski definition) is 4. The van der Waals surface area contributed by atoms with Crippen LogP contribution in [-0.4, -0.2) is 43.4 Å². The van der Waals surface area contributed by atoms with Gasteiger partial charge in [0.25, 0.3) is 5.91 Å². The summed E-state index contributed by atoms with van der Waals surface area (Å²) in [6, 6.07) is 7.69. The molecule has 2 N–H and O–H groups in total. The van der Waals surface area contributed by atoms with E-state index in [1.165, 1.54) is 0 Å². The molecule has 0 aromatic heterocycles. The largest absolute Gasteiger partial charge is 0.352 e. The van der Waals surface area contributed by atoms with E-state index in [1.54, 1.807) is 0 Å². The molecule has 0 saturated carbocycles. The summed E-state index contributed by atoms with van der Waals surface area (Å²) in [7, 11) is 2.02. The van der Waals surface area contributed by atoms with Crippen LogP contribution in [0.3, 0.4) is 0 Å². The lowest BCUT2D eigenvalue weighted by molar-refractivity contribution is 0.0953. The fourth-order valence-electron chi connectivity index (χ4n) is 2.07. The number of rotatable bonds is 5. The normalized spacial score (nSPS) is 13.4. The average Bonchev–Trinajstić information content (AvgIpc) is 2.88. The summed E-state index contributed by atoms with van der Waals surface area (Å²) < 4.78 is 0. The maximum absolute atomic E-state index is 11.9. The van der Waals surface area contributed by atoms with Crippen LogP contribution in [0.5, 0.6) is 0 Å². The zero-order chi connectivity index (χ0) is 14.4. The molecule has 6 heteroatoms. The Bertz CT molecular complexity index is 504. The molecule has 1 aliphatic heterocycles. The first-order chi connectivity index (χ1) is 9.70. The van der Waals surface area contributed by atoms with Crippen molar-refractivity contribution < 1.29 is 4.79 Å². The summed E-state index contributed by atoms with van der Waals surface area (Å²) >= 11 is 0. The van der Waals surface area contributed by atoms with Gasteiger partial charge in [-0.15, -0.1) is 24.0 Å². The van der Waals surface area contributed by atoms with E-state index < -0.39 is 0 Å². The van der Waals surface area contributed by atoms with Crippen molar-refractivity contribution in [3.8, 4) is 0 Å². The SMILES string of the molecule is CCCNC(=O)c1cccc(CNC2=NCCN2C)c1.I. The number of likely N-dealkylation sites (N-methyl/N-ethyl adjacent to an activating group) is 1.